The minimum absolute atomic E-state index is 0.0272. The second-order valence-electron chi connectivity index (χ2n) is 8.04. The predicted octanol–water partition coefficient (Wildman–Crippen LogP) is 4.55. The van der Waals surface area contributed by atoms with Crippen molar-refractivity contribution in [3.8, 4) is 5.88 Å². The van der Waals surface area contributed by atoms with Crippen molar-refractivity contribution in [1.29, 1.82) is 0 Å². The standard InChI is InChI=1S/C18H28N2OSi/c1-14-13-16(20-19-14)21-22(17(2,3)4,18(5,6)7)15-11-9-8-10-12-15/h8-13H,1-7H3,(H,19,20). The highest BCUT2D eigenvalue weighted by atomic mass is 28.4. The largest absolute Gasteiger partial charge is 0.524 e. The van der Waals surface area contributed by atoms with Crippen LogP contribution < -0.4 is 9.61 Å². The summed E-state index contributed by atoms with van der Waals surface area (Å²) in [5.74, 6) is 0.706. The number of nitrogens with one attached hydrogen (secondary N) is 1. The lowest BCUT2D eigenvalue weighted by molar-refractivity contribution is 0.427. The Bertz CT molecular complexity index is 607. The number of aromatic nitrogens is 2. The van der Waals surface area contributed by atoms with E-state index in [1.165, 1.54) is 5.19 Å². The Morgan fingerprint density at radius 3 is 1.91 bits per heavy atom. The molecule has 0 radical (unpaired) electrons. The molecule has 0 aliphatic heterocycles. The van der Waals surface area contributed by atoms with E-state index in [0.717, 1.165) is 5.69 Å². The highest BCUT2D eigenvalue weighted by Crippen LogP contribution is 2.51. The van der Waals surface area contributed by atoms with Crippen molar-refractivity contribution in [2.45, 2.75) is 58.5 Å². The van der Waals surface area contributed by atoms with E-state index in [1.54, 1.807) is 0 Å². The van der Waals surface area contributed by atoms with Crippen LogP contribution in [0.15, 0.2) is 36.4 Å². The third-order valence-corrected chi connectivity index (χ3v) is 10.1. The quantitative estimate of drug-likeness (QED) is 0.844. The van der Waals surface area contributed by atoms with Crippen LogP contribution in [0.2, 0.25) is 10.1 Å². The van der Waals surface area contributed by atoms with Crippen molar-refractivity contribution >= 4 is 13.5 Å². The van der Waals surface area contributed by atoms with E-state index in [0.29, 0.717) is 5.88 Å². The monoisotopic (exact) mass is 316 g/mol. The minimum Gasteiger partial charge on any atom is -0.524 e. The molecule has 1 aromatic heterocycles. The van der Waals surface area contributed by atoms with E-state index in [-0.39, 0.29) is 10.1 Å². The van der Waals surface area contributed by atoms with Gasteiger partial charge in [0.05, 0.1) is 0 Å². The van der Waals surface area contributed by atoms with Gasteiger partial charge in [-0.05, 0) is 22.2 Å². The average molecular weight is 317 g/mol. The molecule has 1 aromatic carbocycles. The molecule has 2 aromatic rings. The van der Waals surface area contributed by atoms with Crippen molar-refractivity contribution < 1.29 is 4.43 Å². The fraction of sp³-hybridized carbons (Fsp3) is 0.500. The molecule has 3 nitrogen and oxygen atoms in total. The second-order valence-corrected chi connectivity index (χ2v) is 13.2. The Morgan fingerprint density at radius 1 is 0.955 bits per heavy atom. The Labute approximate surface area is 135 Å². The van der Waals surface area contributed by atoms with Crippen LogP contribution in [0.25, 0.3) is 0 Å². The predicted molar refractivity (Wildman–Crippen MR) is 95.2 cm³/mol. The maximum absolute atomic E-state index is 6.73. The van der Waals surface area contributed by atoms with Gasteiger partial charge in [-0.1, -0.05) is 71.9 Å². The van der Waals surface area contributed by atoms with Gasteiger partial charge in [0.1, 0.15) is 0 Å². The first-order valence-corrected chi connectivity index (χ1v) is 9.75. The molecule has 0 aliphatic carbocycles. The lowest BCUT2D eigenvalue weighted by Crippen LogP contribution is -2.66. The maximum Gasteiger partial charge on any atom is 0.295 e. The third kappa shape index (κ3) is 2.84. The molecule has 0 fully saturated rings. The topological polar surface area (TPSA) is 37.9 Å². The van der Waals surface area contributed by atoms with Gasteiger partial charge >= 0.3 is 0 Å². The van der Waals surface area contributed by atoms with Crippen LogP contribution >= 0.6 is 0 Å². The van der Waals surface area contributed by atoms with Crippen LogP contribution in [0.3, 0.4) is 0 Å². The number of rotatable bonds is 3. The zero-order chi connectivity index (χ0) is 16.6. The smallest absolute Gasteiger partial charge is 0.295 e. The Kier molecular flexibility index (Phi) is 4.26. The normalized spacial score (nSPS) is 13.2. The third-order valence-electron chi connectivity index (χ3n) is 4.23. The van der Waals surface area contributed by atoms with Crippen LogP contribution in [0, 0.1) is 6.92 Å². The summed E-state index contributed by atoms with van der Waals surface area (Å²) < 4.78 is 6.73. The van der Waals surface area contributed by atoms with Gasteiger partial charge in [0, 0.05) is 11.8 Å². The van der Waals surface area contributed by atoms with Crippen molar-refractivity contribution in [2.75, 3.05) is 0 Å². The Balaban J connectivity index is 2.66. The molecular weight excluding hydrogens is 288 g/mol. The van der Waals surface area contributed by atoms with Crippen molar-refractivity contribution in [3.05, 3.63) is 42.1 Å². The number of H-pyrrole nitrogens is 1. The fourth-order valence-corrected chi connectivity index (χ4v) is 9.42. The SMILES string of the molecule is Cc1cc(O[Si](c2ccccc2)(C(C)(C)C)C(C)(C)C)n[nH]1. The highest BCUT2D eigenvalue weighted by Gasteiger charge is 2.58. The molecule has 0 saturated heterocycles. The molecule has 0 amide bonds. The van der Waals surface area contributed by atoms with Gasteiger partial charge in [0.15, 0.2) is 0 Å². The van der Waals surface area contributed by atoms with Crippen LogP contribution in [0.1, 0.15) is 47.2 Å². The Hall–Kier alpha value is -1.55. The molecule has 0 bridgehead atoms. The van der Waals surface area contributed by atoms with Crippen LogP contribution in [0.4, 0.5) is 0 Å². The molecule has 22 heavy (non-hydrogen) atoms. The molecule has 1 heterocycles. The Morgan fingerprint density at radius 2 is 1.50 bits per heavy atom. The van der Waals surface area contributed by atoms with Gasteiger partial charge in [-0.25, -0.2) is 0 Å². The van der Waals surface area contributed by atoms with E-state index >= 15 is 0 Å². The van der Waals surface area contributed by atoms with Gasteiger partial charge < -0.3 is 4.43 Å². The zero-order valence-electron chi connectivity index (χ0n) is 14.8. The summed E-state index contributed by atoms with van der Waals surface area (Å²) in [5.41, 5.74) is 1.02. The van der Waals surface area contributed by atoms with E-state index in [1.807, 2.05) is 13.0 Å². The van der Waals surface area contributed by atoms with E-state index in [4.69, 9.17) is 4.43 Å². The first-order chi connectivity index (χ1) is 10.1. The van der Waals surface area contributed by atoms with Crippen molar-refractivity contribution in [1.82, 2.24) is 10.2 Å². The van der Waals surface area contributed by atoms with E-state index < -0.39 is 8.32 Å². The molecule has 0 aliphatic rings. The van der Waals surface area contributed by atoms with Gasteiger partial charge in [0.2, 0.25) is 5.88 Å². The number of benzene rings is 1. The maximum atomic E-state index is 6.73. The van der Waals surface area contributed by atoms with Crippen LogP contribution in [-0.4, -0.2) is 18.5 Å². The molecule has 0 atom stereocenters. The number of hydrogen-bond donors (Lipinski definition) is 1. The number of aryl methyl sites for hydroxylation is 1. The zero-order valence-corrected chi connectivity index (χ0v) is 15.8. The highest BCUT2D eigenvalue weighted by molar-refractivity contribution is 6.91. The first-order valence-electron chi connectivity index (χ1n) is 7.84. The minimum atomic E-state index is -2.38. The summed E-state index contributed by atoms with van der Waals surface area (Å²) in [6.07, 6.45) is 0. The van der Waals surface area contributed by atoms with E-state index in [2.05, 4.69) is 82.1 Å². The fourth-order valence-electron chi connectivity index (χ4n) is 3.63. The lowest BCUT2D eigenvalue weighted by Gasteiger charge is -2.50. The van der Waals surface area contributed by atoms with Gasteiger partial charge in [-0.15, -0.1) is 5.10 Å². The summed E-state index contributed by atoms with van der Waals surface area (Å²) in [6.45, 7) is 15.7. The molecule has 0 saturated carbocycles. The van der Waals surface area contributed by atoms with E-state index in [9.17, 15) is 0 Å². The number of hydrogen-bond acceptors (Lipinski definition) is 2. The second kappa shape index (κ2) is 5.58. The van der Waals surface area contributed by atoms with Crippen LogP contribution in [0.5, 0.6) is 5.88 Å². The summed E-state index contributed by atoms with van der Waals surface area (Å²) in [5, 5.41) is 8.70. The molecule has 4 heteroatoms. The summed E-state index contributed by atoms with van der Waals surface area (Å²) >= 11 is 0. The van der Waals surface area contributed by atoms with Gasteiger partial charge in [0.25, 0.3) is 8.32 Å². The van der Waals surface area contributed by atoms with Crippen molar-refractivity contribution in [2.24, 2.45) is 0 Å². The summed E-state index contributed by atoms with van der Waals surface area (Å²) in [6, 6.07) is 12.7. The molecule has 120 valence electrons. The molecular formula is C18H28N2OSi. The lowest BCUT2D eigenvalue weighted by atomic mass is 10.2. The molecule has 0 spiro atoms. The first kappa shape index (κ1) is 16.8. The molecule has 2 rings (SSSR count). The number of aromatic amines is 1. The van der Waals surface area contributed by atoms with Crippen LogP contribution in [-0.2, 0) is 0 Å². The molecule has 0 unspecified atom stereocenters. The summed E-state index contributed by atoms with van der Waals surface area (Å²) in [4.78, 5) is 0. The van der Waals surface area contributed by atoms with Crippen molar-refractivity contribution in [3.63, 3.8) is 0 Å². The van der Waals surface area contributed by atoms with Gasteiger partial charge in [-0.2, -0.15) is 0 Å². The summed E-state index contributed by atoms with van der Waals surface area (Å²) in [7, 11) is -2.38. The molecule has 1 N–H and O–H groups in total. The van der Waals surface area contributed by atoms with Gasteiger partial charge in [-0.3, -0.25) is 5.10 Å². The average Bonchev–Trinajstić information content (AvgIpc) is 2.79. The number of nitrogens with zero attached hydrogens (tertiary/aromatic N) is 1.